The van der Waals surface area contributed by atoms with Crippen LogP contribution in [0.4, 0.5) is 4.79 Å². The Morgan fingerprint density at radius 1 is 1.28 bits per heavy atom. The lowest BCUT2D eigenvalue weighted by molar-refractivity contribution is 0.0440. The number of halogens is 2. The second-order valence-corrected chi connectivity index (χ2v) is 8.87. The molecular formula is C19H29Cl2NO3. The van der Waals surface area contributed by atoms with Crippen LogP contribution in [0.2, 0.25) is 10.0 Å². The summed E-state index contributed by atoms with van der Waals surface area (Å²) in [5.74, 6) is 0.346. The third kappa shape index (κ3) is 7.85. The fourth-order valence-corrected chi connectivity index (χ4v) is 3.37. The van der Waals surface area contributed by atoms with Crippen molar-refractivity contribution in [2.24, 2.45) is 11.3 Å². The average Bonchev–Trinajstić information content (AvgIpc) is 2.45. The highest BCUT2D eigenvalue weighted by molar-refractivity contribution is 6.35. The average molecular weight is 390 g/mol. The van der Waals surface area contributed by atoms with E-state index >= 15 is 0 Å². The summed E-state index contributed by atoms with van der Waals surface area (Å²) in [5.41, 5.74) is -0.196. The SMILES string of the molecule is CC(C)CC(CO)(CNC(=O)OC(C)(C)C)Cc1ccc(Cl)cc1Cl. The fourth-order valence-electron chi connectivity index (χ4n) is 2.89. The number of ether oxygens (including phenoxy) is 1. The minimum Gasteiger partial charge on any atom is -0.444 e. The number of carbonyl (C=O) groups is 1. The van der Waals surface area contributed by atoms with Crippen molar-refractivity contribution < 1.29 is 14.6 Å². The van der Waals surface area contributed by atoms with Crippen LogP contribution in [0, 0.1) is 11.3 Å². The summed E-state index contributed by atoms with van der Waals surface area (Å²) in [7, 11) is 0. The van der Waals surface area contributed by atoms with Crippen LogP contribution in [-0.2, 0) is 11.2 Å². The van der Waals surface area contributed by atoms with E-state index in [9.17, 15) is 9.90 Å². The van der Waals surface area contributed by atoms with Gasteiger partial charge in [0.25, 0.3) is 0 Å². The summed E-state index contributed by atoms with van der Waals surface area (Å²) in [6.07, 6.45) is 0.780. The monoisotopic (exact) mass is 389 g/mol. The molecule has 0 saturated heterocycles. The number of alkyl carbamates (subject to hydrolysis) is 1. The van der Waals surface area contributed by atoms with E-state index < -0.39 is 17.1 Å². The van der Waals surface area contributed by atoms with Crippen molar-refractivity contribution in [3.05, 3.63) is 33.8 Å². The van der Waals surface area contributed by atoms with Crippen molar-refractivity contribution in [3.63, 3.8) is 0 Å². The van der Waals surface area contributed by atoms with Crippen molar-refractivity contribution in [2.45, 2.75) is 53.1 Å². The van der Waals surface area contributed by atoms with Crippen LogP contribution < -0.4 is 5.32 Å². The summed E-state index contributed by atoms with van der Waals surface area (Å²) in [6.45, 7) is 9.84. The third-order valence-electron chi connectivity index (χ3n) is 3.76. The summed E-state index contributed by atoms with van der Waals surface area (Å²) < 4.78 is 5.30. The summed E-state index contributed by atoms with van der Waals surface area (Å²) >= 11 is 12.3. The predicted molar refractivity (Wildman–Crippen MR) is 103 cm³/mol. The molecule has 0 aliphatic heterocycles. The summed E-state index contributed by atoms with van der Waals surface area (Å²) in [5, 5.41) is 14.0. The van der Waals surface area contributed by atoms with Gasteiger partial charge in [0.2, 0.25) is 0 Å². The van der Waals surface area contributed by atoms with E-state index in [4.69, 9.17) is 27.9 Å². The number of rotatable bonds is 7. The number of aliphatic hydroxyl groups excluding tert-OH is 1. The second kappa shape index (κ2) is 9.11. The predicted octanol–water partition coefficient (Wildman–Crippen LogP) is 5.09. The number of hydrogen-bond donors (Lipinski definition) is 2. The molecule has 1 aromatic rings. The highest BCUT2D eigenvalue weighted by Gasteiger charge is 2.32. The number of hydrogen-bond acceptors (Lipinski definition) is 3. The van der Waals surface area contributed by atoms with E-state index in [-0.39, 0.29) is 6.61 Å². The molecular weight excluding hydrogens is 361 g/mol. The zero-order chi connectivity index (χ0) is 19.3. The van der Waals surface area contributed by atoms with E-state index in [2.05, 4.69) is 19.2 Å². The van der Waals surface area contributed by atoms with Crippen LogP contribution >= 0.6 is 23.2 Å². The maximum atomic E-state index is 12.0. The Bertz CT molecular complexity index is 585. The van der Waals surface area contributed by atoms with Gasteiger partial charge in [0.1, 0.15) is 5.60 Å². The second-order valence-electron chi connectivity index (χ2n) is 8.02. The van der Waals surface area contributed by atoms with Gasteiger partial charge in [0.15, 0.2) is 0 Å². The maximum absolute atomic E-state index is 12.0. The van der Waals surface area contributed by atoms with Gasteiger partial charge >= 0.3 is 6.09 Å². The number of aliphatic hydroxyl groups is 1. The molecule has 0 aromatic heterocycles. The van der Waals surface area contributed by atoms with Gasteiger partial charge in [-0.2, -0.15) is 0 Å². The molecule has 25 heavy (non-hydrogen) atoms. The molecule has 0 aliphatic rings. The van der Waals surface area contributed by atoms with Crippen molar-refractivity contribution in [3.8, 4) is 0 Å². The molecule has 142 valence electrons. The molecule has 1 amide bonds. The van der Waals surface area contributed by atoms with E-state index in [1.807, 2.05) is 26.8 Å². The molecule has 2 N–H and O–H groups in total. The van der Waals surface area contributed by atoms with Gasteiger partial charge in [0.05, 0.1) is 6.61 Å². The number of carbonyl (C=O) groups excluding carboxylic acids is 1. The van der Waals surface area contributed by atoms with E-state index in [1.54, 1.807) is 12.1 Å². The largest absolute Gasteiger partial charge is 0.444 e. The lowest BCUT2D eigenvalue weighted by Crippen LogP contribution is -2.44. The van der Waals surface area contributed by atoms with Gasteiger partial charge < -0.3 is 15.2 Å². The smallest absolute Gasteiger partial charge is 0.407 e. The molecule has 4 nitrogen and oxygen atoms in total. The quantitative estimate of drug-likeness (QED) is 0.682. The first-order chi connectivity index (χ1) is 11.5. The Labute approximate surface area is 160 Å². The maximum Gasteiger partial charge on any atom is 0.407 e. The van der Waals surface area contributed by atoms with Crippen molar-refractivity contribution in [1.82, 2.24) is 5.32 Å². The molecule has 1 unspecified atom stereocenters. The normalized spacial score (nSPS) is 14.3. The first kappa shape index (κ1) is 22.1. The molecule has 0 radical (unpaired) electrons. The summed E-state index contributed by atoms with van der Waals surface area (Å²) in [6, 6.07) is 5.34. The lowest BCUT2D eigenvalue weighted by Gasteiger charge is -2.34. The Balaban J connectivity index is 2.95. The van der Waals surface area contributed by atoms with Crippen LogP contribution in [-0.4, -0.2) is 30.0 Å². The lowest BCUT2D eigenvalue weighted by atomic mass is 9.76. The summed E-state index contributed by atoms with van der Waals surface area (Å²) in [4.78, 5) is 12.0. The zero-order valence-corrected chi connectivity index (χ0v) is 17.2. The highest BCUT2D eigenvalue weighted by Crippen LogP contribution is 2.33. The molecule has 0 fully saturated rings. The van der Waals surface area contributed by atoms with Gasteiger partial charge in [-0.3, -0.25) is 0 Å². The number of benzene rings is 1. The van der Waals surface area contributed by atoms with Crippen molar-refractivity contribution >= 4 is 29.3 Å². The minimum absolute atomic E-state index is 0.0695. The Kier molecular flexibility index (Phi) is 8.04. The minimum atomic E-state index is -0.566. The molecule has 0 aliphatic carbocycles. The first-order valence-corrected chi connectivity index (χ1v) is 9.23. The topological polar surface area (TPSA) is 58.6 Å². The zero-order valence-electron chi connectivity index (χ0n) is 15.7. The van der Waals surface area contributed by atoms with E-state index in [0.717, 1.165) is 12.0 Å². The molecule has 0 saturated carbocycles. The molecule has 1 atom stereocenters. The Hall–Kier alpha value is -0.970. The molecule has 0 bridgehead atoms. The van der Waals surface area contributed by atoms with Gasteiger partial charge in [-0.05, 0) is 57.2 Å². The van der Waals surface area contributed by atoms with Crippen molar-refractivity contribution in [1.29, 1.82) is 0 Å². The van der Waals surface area contributed by atoms with Crippen molar-refractivity contribution in [2.75, 3.05) is 13.2 Å². The molecule has 1 aromatic carbocycles. The molecule has 0 spiro atoms. The Morgan fingerprint density at radius 2 is 1.92 bits per heavy atom. The van der Waals surface area contributed by atoms with E-state index in [1.165, 1.54) is 0 Å². The standard InChI is InChI=1S/C19H29Cl2NO3/c1-13(2)9-19(12-23,11-22-17(24)25-18(3,4)5)10-14-6-7-15(20)8-16(14)21/h6-8,13,23H,9-12H2,1-5H3,(H,22,24). The van der Waals surface area contributed by atoms with Gasteiger partial charge in [-0.1, -0.05) is 43.1 Å². The number of amides is 1. The highest BCUT2D eigenvalue weighted by atomic mass is 35.5. The Morgan fingerprint density at radius 3 is 2.40 bits per heavy atom. The van der Waals surface area contributed by atoms with Crippen LogP contribution in [0.3, 0.4) is 0 Å². The van der Waals surface area contributed by atoms with Crippen LogP contribution in [0.15, 0.2) is 18.2 Å². The van der Waals surface area contributed by atoms with Crippen LogP contribution in [0.1, 0.15) is 46.6 Å². The van der Waals surface area contributed by atoms with Gasteiger partial charge in [-0.25, -0.2) is 4.79 Å². The van der Waals surface area contributed by atoms with Gasteiger partial charge in [-0.15, -0.1) is 0 Å². The molecule has 6 heteroatoms. The van der Waals surface area contributed by atoms with Crippen LogP contribution in [0.5, 0.6) is 0 Å². The fraction of sp³-hybridized carbons (Fsp3) is 0.632. The van der Waals surface area contributed by atoms with E-state index in [0.29, 0.717) is 28.9 Å². The number of nitrogens with one attached hydrogen (secondary N) is 1. The third-order valence-corrected chi connectivity index (χ3v) is 4.35. The van der Waals surface area contributed by atoms with Crippen LogP contribution in [0.25, 0.3) is 0 Å². The molecule has 1 rings (SSSR count). The molecule has 0 heterocycles. The van der Waals surface area contributed by atoms with Gasteiger partial charge in [0, 0.05) is 22.0 Å². The first-order valence-electron chi connectivity index (χ1n) is 8.48.